The fourth-order valence-corrected chi connectivity index (χ4v) is 2.46. The molecule has 0 radical (unpaired) electrons. The van der Waals surface area contributed by atoms with Gasteiger partial charge in [0.25, 0.3) is 5.91 Å². The van der Waals surface area contributed by atoms with E-state index in [4.69, 9.17) is 9.84 Å². The zero-order valence-corrected chi connectivity index (χ0v) is 16.4. The molecule has 4 N–H and O–H groups in total. The number of nitrogens with one attached hydrogen (secondary N) is 3. The fraction of sp³-hybridized carbons (Fsp3) is 0.286. The number of hydrogen-bond donors (Lipinski definition) is 4. The second-order valence-electron chi connectivity index (χ2n) is 6.16. The molecule has 0 saturated heterocycles. The van der Waals surface area contributed by atoms with E-state index in [9.17, 15) is 9.59 Å². The second kappa shape index (κ2) is 12.1. The van der Waals surface area contributed by atoms with Gasteiger partial charge in [-0.15, -0.1) is 0 Å². The Balaban J connectivity index is 1.75. The summed E-state index contributed by atoms with van der Waals surface area (Å²) < 4.78 is 5.14. The molecule has 2 rings (SSSR count). The number of carbonyl (C=O) groups is 2. The third-order valence-corrected chi connectivity index (χ3v) is 3.96. The van der Waals surface area contributed by atoms with Crippen molar-refractivity contribution in [3.05, 3.63) is 59.7 Å². The summed E-state index contributed by atoms with van der Waals surface area (Å²) in [5.74, 6) is 0.327. The minimum Gasteiger partial charge on any atom is -0.497 e. The van der Waals surface area contributed by atoms with Gasteiger partial charge in [-0.1, -0.05) is 12.1 Å². The highest BCUT2D eigenvalue weighted by atomic mass is 16.5. The summed E-state index contributed by atoms with van der Waals surface area (Å²) in [6, 6.07) is 14.3. The molecule has 0 bridgehead atoms. The Hall–Kier alpha value is -3.39. The van der Waals surface area contributed by atoms with Crippen LogP contribution in [0.4, 0.5) is 5.69 Å². The summed E-state index contributed by atoms with van der Waals surface area (Å²) in [5.41, 5.74) is 4.65. The summed E-state index contributed by atoms with van der Waals surface area (Å²) in [4.78, 5) is 23.6. The van der Waals surface area contributed by atoms with Gasteiger partial charge in [-0.2, -0.15) is 5.10 Å². The summed E-state index contributed by atoms with van der Waals surface area (Å²) >= 11 is 0. The lowest BCUT2D eigenvalue weighted by atomic mass is 10.2. The van der Waals surface area contributed by atoms with Crippen LogP contribution in [-0.2, 0) is 4.79 Å². The van der Waals surface area contributed by atoms with Crippen molar-refractivity contribution in [2.24, 2.45) is 5.10 Å². The maximum atomic E-state index is 12.2. The number of hydrazone groups is 1. The fourth-order valence-electron chi connectivity index (χ4n) is 2.46. The highest BCUT2D eigenvalue weighted by Crippen LogP contribution is 2.11. The van der Waals surface area contributed by atoms with Crippen LogP contribution in [0.2, 0.25) is 0 Å². The monoisotopic (exact) mass is 398 g/mol. The molecule has 29 heavy (non-hydrogen) atoms. The molecule has 0 aliphatic carbocycles. The molecule has 2 aromatic rings. The Bertz CT molecular complexity index is 822. The van der Waals surface area contributed by atoms with E-state index in [1.54, 1.807) is 37.6 Å². The average molecular weight is 398 g/mol. The molecule has 0 atom stereocenters. The number of nitrogens with zero attached hydrogens (tertiary/aromatic N) is 1. The summed E-state index contributed by atoms with van der Waals surface area (Å²) in [6.45, 7) is 0.846. The Morgan fingerprint density at radius 2 is 1.93 bits per heavy atom. The Morgan fingerprint density at radius 1 is 1.14 bits per heavy atom. The number of hydrogen-bond acceptors (Lipinski definition) is 6. The van der Waals surface area contributed by atoms with Crippen LogP contribution in [0, 0.1) is 0 Å². The largest absolute Gasteiger partial charge is 0.497 e. The number of anilines is 1. The maximum absolute atomic E-state index is 12.2. The predicted molar refractivity (Wildman–Crippen MR) is 112 cm³/mol. The second-order valence-corrected chi connectivity index (χ2v) is 6.16. The average Bonchev–Trinajstić information content (AvgIpc) is 2.75. The molecule has 154 valence electrons. The van der Waals surface area contributed by atoms with Crippen LogP contribution in [0.15, 0.2) is 53.6 Å². The lowest BCUT2D eigenvalue weighted by Crippen LogP contribution is -2.26. The molecule has 0 aliphatic heterocycles. The van der Waals surface area contributed by atoms with Crippen molar-refractivity contribution >= 4 is 23.7 Å². The first-order valence-corrected chi connectivity index (χ1v) is 9.31. The molecule has 2 aromatic carbocycles. The topological polar surface area (TPSA) is 112 Å². The molecular formula is C21H26N4O4. The molecular weight excluding hydrogens is 372 g/mol. The van der Waals surface area contributed by atoms with Crippen LogP contribution in [-0.4, -0.2) is 49.9 Å². The Kier molecular flexibility index (Phi) is 9.17. The third-order valence-electron chi connectivity index (χ3n) is 3.96. The van der Waals surface area contributed by atoms with Gasteiger partial charge < -0.3 is 20.5 Å². The normalized spacial score (nSPS) is 10.6. The summed E-state index contributed by atoms with van der Waals surface area (Å²) in [7, 11) is 1.59. The van der Waals surface area contributed by atoms with E-state index in [-0.39, 0.29) is 25.0 Å². The van der Waals surface area contributed by atoms with Gasteiger partial charge in [-0.3, -0.25) is 9.59 Å². The molecule has 0 heterocycles. The van der Waals surface area contributed by atoms with Crippen molar-refractivity contribution in [2.45, 2.75) is 12.8 Å². The first kappa shape index (κ1) is 21.9. The molecule has 0 fully saturated rings. The van der Waals surface area contributed by atoms with Crippen molar-refractivity contribution in [3.8, 4) is 5.75 Å². The number of benzene rings is 2. The van der Waals surface area contributed by atoms with Gasteiger partial charge in [0.2, 0.25) is 5.91 Å². The van der Waals surface area contributed by atoms with Gasteiger partial charge in [0.15, 0.2) is 0 Å². The zero-order chi connectivity index (χ0) is 20.9. The Labute approximate surface area is 170 Å². The maximum Gasteiger partial charge on any atom is 0.271 e. The van der Waals surface area contributed by atoms with E-state index in [1.807, 2.05) is 24.3 Å². The van der Waals surface area contributed by atoms with Crippen molar-refractivity contribution in [1.29, 1.82) is 0 Å². The lowest BCUT2D eigenvalue weighted by Gasteiger charge is -2.07. The van der Waals surface area contributed by atoms with E-state index in [0.29, 0.717) is 30.7 Å². The first-order chi connectivity index (χ1) is 14.1. The Morgan fingerprint density at radius 3 is 2.66 bits per heavy atom. The van der Waals surface area contributed by atoms with Crippen LogP contribution in [0.25, 0.3) is 0 Å². The molecule has 0 saturated carbocycles. The van der Waals surface area contributed by atoms with Crippen molar-refractivity contribution in [3.63, 3.8) is 0 Å². The van der Waals surface area contributed by atoms with E-state index in [2.05, 4.69) is 21.2 Å². The van der Waals surface area contributed by atoms with E-state index < -0.39 is 0 Å². The number of aliphatic hydroxyl groups is 1. The predicted octanol–water partition coefficient (Wildman–Crippen LogP) is 1.76. The lowest BCUT2D eigenvalue weighted by molar-refractivity contribution is -0.121. The van der Waals surface area contributed by atoms with Crippen LogP contribution in [0.1, 0.15) is 28.8 Å². The highest BCUT2D eigenvalue weighted by molar-refractivity contribution is 5.95. The van der Waals surface area contributed by atoms with Crippen LogP contribution in [0.5, 0.6) is 5.75 Å². The van der Waals surface area contributed by atoms with Crippen LogP contribution >= 0.6 is 0 Å². The molecule has 0 aliphatic rings. The van der Waals surface area contributed by atoms with Crippen molar-refractivity contribution in [2.75, 3.05) is 32.1 Å². The van der Waals surface area contributed by atoms with Crippen molar-refractivity contribution in [1.82, 2.24) is 10.7 Å². The minimum atomic E-state index is -0.309. The van der Waals surface area contributed by atoms with Gasteiger partial charge in [0.05, 0.1) is 19.9 Å². The standard InChI is InChI=1S/C21H26N4O4/c1-29-19-5-2-4-16(14-19)15-24-25-21(28)17-7-9-18(10-8-17)22-11-3-6-20(27)23-12-13-26/h2,4-5,7-10,14-15,22,26H,3,6,11-13H2,1H3,(H,23,27)(H,25,28). The van der Waals surface area contributed by atoms with E-state index >= 15 is 0 Å². The van der Waals surface area contributed by atoms with Gasteiger partial charge in [0, 0.05) is 30.8 Å². The van der Waals surface area contributed by atoms with Crippen LogP contribution in [0.3, 0.4) is 0 Å². The quantitative estimate of drug-likeness (QED) is 0.262. The zero-order valence-electron chi connectivity index (χ0n) is 16.4. The molecule has 2 amide bonds. The first-order valence-electron chi connectivity index (χ1n) is 9.31. The number of methoxy groups -OCH3 is 1. The molecule has 8 heteroatoms. The number of ether oxygens (including phenoxy) is 1. The van der Waals surface area contributed by atoms with Gasteiger partial charge in [-0.25, -0.2) is 5.43 Å². The smallest absolute Gasteiger partial charge is 0.271 e. The number of carbonyl (C=O) groups excluding carboxylic acids is 2. The molecule has 8 nitrogen and oxygen atoms in total. The summed E-state index contributed by atoms with van der Waals surface area (Å²) in [5, 5.41) is 18.4. The van der Waals surface area contributed by atoms with Gasteiger partial charge >= 0.3 is 0 Å². The number of aliphatic hydroxyl groups excluding tert-OH is 1. The van der Waals surface area contributed by atoms with Gasteiger partial charge in [0.1, 0.15) is 5.75 Å². The van der Waals surface area contributed by atoms with Crippen LogP contribution < -0.4 is 20.8 Å². The highest BCUT2D eigenvalue weighted by Gasteiger charge is 2.04. The third kappa shape index (κ3) is 8.02. The molecule has 0 spiro atoms. The SMILES string of the molecule is COc1cccc(C=NNC(=O)c2ccc(NCCCC(=O)NCCO)cc2)c1. The summed E-state index contributed by atoms with van der Waals surface area (Å²) in [6.07, 6.45) is 2.60. The molecule has 0 aromatic heterocycles. The van der Waals surface area contributed by atoms with E-state index in [0.717, 1.165) is 11.3 Å². The van der Waals surface area contributed by atoms with Gasteiger partial charge in [-0.05, 0) is 48.4 Å². The van der Waals surface area contributed by atoms with E-state index in [1.165, 1.54) is 0 Å². The minimum absolute atomic E-state index is 0.0593. The van der Waals surface area contributed by atoms with Crippen molar-refractivity contribution < 1.29 is 19.4 Å². The molecule has 0 unspecified atom stereocenters. The number of amides is 2. The number of rotatable bonds is 11.